The highest BCUT2D eigenvalue weighted by atomic mass is 16.4. The standard InChI is InChI=1S/C13H10N2O4/c14-9-6-8(12(16)17)11(13(18)19)15-10(9)7-4-2-1-3-5-7/h1-6H,14H2,(H,16,17)(H,18,19). The van der Waals surface area contributed by atoms with Crippen LogP contribution in [0.5, 0.6) is 0 Å². The molecule has 1 aromatic heterocycles. The largest absolute Gasteiger partial charge is 0.478 e. The van der Waals surface area contributed by atoms with E-state index in [4.69, 9.17) is 15.9 Å². The van der Waals surface area contributed by atoms with Gasteiger partial charge in [-0.2, -0.15) is 0 Å². The van der Waals surface area contributed by atoms with Crippen molar-refractivity contribution in [2.75, 3.05) is 5.73 Å². The lowest BCUT2D eigenvalue weighted by molar-refractivity contribution is 0.0646. The van der Waals surface area contributed by atoms with Gasteiger partial charge < -0.3 is 15.9 Å². The summed E-state index contributed by atoms with van der Waals surface area (Å²) in [5, 5.41) is 18.0. The molecule has 19 heavy (non-hydrogen) atoms. The molecule has 0 saturated heterocycles. The van der Waals surface area contributed by atoms with Crippen molar-refractivity contribution >= 4 is 17.6 Å². The van der Waals surface area contributed by atoms with Crippen LogP contribution < -0.4 is 5.73 Å². The van der Waals surface area contributed by atoms with Gasteiger partial charge in [-0.05, 0) is 6.07 Å². The van der Waals surface area contributed by atoms with Crippen LogP contribution in [-0.4, -0.2) is 27.1 Å². The molecular formula is C13H10N2O4. The van der Waals surface area contributed by atoms with Crippen molar-refractivity contribution in [3.63, 3.8) is 0 Å². The fourth-order valence-corrected chi connectivity index (χ4v) is 1.68. The number of carboxylic acids is 2. The van der Waals surface area contributed by atoms with Crippen LogP contribution in [0.1, 0.15) is 20.8 Å². The molecule has 0 bridgehead atoms. The van der Waals surface area contributed by atoms with Crippen LogP contribution >= 0.6 is 0 Å². The number of aromatic carboxylic acids is 2. The second-order valence-corrected chi connectivity index (χ2v) is 3.80. The molecule has 0 amide bonds. The predicted octanol–water partition coefficient (Wildman–Crippen LogP) is 1.73. The first-order valence-corrected chi connectivity index (χ1v) is 5.33. The molecule has 0 radical (unpaired) electrons. The van der Waals surface area contributed by atoms with Gasteiger partial charge in [0.25, 0.3) is 0 Å². The van der Waals surface area contributed by atoms with Crippen molar-refractivity contribution in [2.24, 2.45) is 0 Å². The Bertz CT molecular complexity index is 653. The highest BCUT2D eigenvalue weighted by molar-refractivity contribution is 6.02. The second kappa shape index (κ2) is 4.77. The molecule has 1 aromatic carbocycles. The Labute approximate surface area is 108 Å². The van der Waals surface area contributed by atoms with E-state index in [-0.39, 0.29) is 11.4 Å². The maximum Gasteiger partial charge on any atom is 0.355 e. The van der Waals surface area contributed by atoms with Crippen molar-refractivity contribution in [1.82, 2.24) is 4.98 Å². The van der Waals surface area contributed by atoms with Crippen molar-refractivity contribution in [3.05, 3.63) is 47.7 Å². The van der Waals surface area contributed by atoms with Gasteiger partial charge in [-0.3, -0.25) is 0 Å². The summed E-state index contributed by atoms with van der Waals surface area (Å²) in [6.45, 7) is 0. The van der Waals surface area contributed by atoms with Gasteiger partial charge >= 0.3 is 11.9 Å². The Balaban J connectivity index is 2.68. The Morgan fingerprint density at radius 2 is 1.68 bits per heavy atom. The number of rotatable bonds is 3. The van der Waals surface area contributed by atoms with Gasteiger partial charge in [0.15, 0.2) is 5.69 Å². The van der Waals surface area contributed by atoms with Crippen molar-refractivity contribution < 1.29 is 19.8 Å². The molecule has 0 aliphatic rings. The average molecular weight is 258 g/mol. The number of anilines is 1. The van der Waals surface area contributed by atoms with Gasteiger partial charge in [-0.15, -0.1) is 0 Å². The fraction of sp³-hybridized carbons (Fsp3) is 0. The molecule has 2 rings (SSSR count). The third kappa shape index (κ3) is 2.37. The van der Waals surface area contributed by atoms with E-state index in [0.29, 0.717) is 5.56 Å². The molecule has 0 saturated carbocycles. The maximum atomic E-state index is 11.1. The lowest BCUT2D eigenvalue weighted by Gasteiger charge is -2.08. The minimum atomic E-state index is -1.41. The van der Waals surface area contributed by atoms with Gasteiger partial charge in [-0.1, -0.05) is 30.3 Å². The van der Waals surface area contributed by atoms with Crippen molar-refractivity contribution in [2.45, 2.75) is 0 Å². The third-order valence-corrected chi connectivity index (χ3v) is 2.53. The summed E-state index contributed by atoms with van der Waals surface area (Å²) >= 11 is 0. The number of nitrogens with zero attached hydrogens (tertiary/aromatic N) is 1. The van der Waals surface area contributed by atoms with Crippen molar-refractivity contribution in [3.8, 4) is 11.3 Å². The molecule has 0 aliphatic carbocycles. The van der Waals surface area contributed by atoms with Gasteiger partial charge in [0.1, 0.15) is 0 Å². The van der Waals surface area contributed by atoms with E-state index in [1.54, 1.807) is 30.3 Å². The van der Waals surface area contributed by atoms with E-state index in [0.717, 1.165) is 6.07 Å². The minimum Gasteiger partial charge on any atom is -0.478 e. The quantitative estimate of drug-likeness (QED) is 0.772. The normalized spacial score (nSPS) is 10.1. The molecule has 1 heterocycles. The second-order valence-electron chi connectivity index (χ2n) is 3.80. The highest BCUT2D eigenvalue weighted by Gasteiger charge is 2.21. The fourth-order valence-electron chi connectivity index (χ4n) is 1.68. The van der Waals surface area contributed by atoms with Crippen LogP contribution in [0.15, 0.2) is 36.4 Å². The van der Waals surface area contributed by atoms with E-state index in [9.17, 15) is 9.59 Å². The van der Waals surface area contributed by atoms with Crippen LogP contribution in [0, 0.1) is 0 Å². The summed E-state index contributed by atoms with van der Waals surface area (Å²) in [5.41, 5.74) is 5.78. The number of hydrogen-bond donors (Lipinski definition) is 3. The summed E-state index contributed by atoms with van der Waals surface area (Å²) in [5.74, 6) is -2.79. The summed E-state index contributed by atoms with van der Waals surface area (Å²) in [6, 6.07) is 9.84. The van der Waals surface area contributed by atoms with Gasteiger partial charge in [-0.25, -0.2) is 14.6 Å². The topological polar surface area (TPSA) is 114 Å². The zero-order chi connectivity index (χ0) is 14.0. The molecular weight excluding hydrogens is 248 g/mol. The molecule has 0 unspecified atom stereocenters. The highest BCUT2D eigenvalue weighted by Crippen LogP contribution is 2.26. The Morgan fingerprint density at radius 1 is 1.05 bits per heavy atom. The maximum absolute atomic E-state index is 11.1. The molecule has 0 aliphatic heterocycles. The number of pyridine rings is 1. The Hall–Kier alpha value is -2.89. The smallest absolute Gasteiger partial charge is 0.355 e. The molecule has 2 aromatic rings. The molecule has 4 N–H and O–H groups in total. The first-order chi connectivity index (χ1) is 9.00. The third-order valence-electron chi connectivity index (χ3n) is 2.53. The lowest BCUT2D eigenvalue weighted by Crippen LogP contribution is -2.12. The number of aromatic nitrogens is 1. The Morgan fingerprint density at radius 3 is 2.21 bits per heavy atom. The van der Waals surface area contributed by atoms with E-state index >= 15 is 0 Å². The van der Waals surface area contributed by atoms with Crippen LogP contribution in [0.2, 0.25) is 0 Å². The minimum absolute atomic E-state index is 0.119. The summed E-state index contributed by atoms with van der Waals surface area (Å²) in [6.07, 6.45) is 0. The van der Waals surface area contributed by atoms with Crippen LogP contribution in [0.4, 0.5) is 5.69 Å². The Kier molecular flexibility index (Phi) is 3.15. The lowest BCUT2D eigenvalue weighted by atomic mass is 10.1. The zero-order valence-electron chi connectivity index (χ0n) is 9.70. The summed E-state index contributed by atoms with van der Waals surface area (Å²) < 4.78 is 0. The molecule has 0 spiro atoms. The molecule has 6 heteroatoms. The molecule has 96 valence electrons. The van der Waals surface area contributed by atoms with Crippen molar-refractivity contribution in [1.29, 1.82) is 0 Å². The monoisotopic (exact) mass is 258 g/mol. The zero-order valence-corrected chi connectivity index (χ0v) is 9.70. The first-order valence-electron chi connectivity index (χ1n) is 5.33. The number of hydrogen-bond acceptors (Lipinski definition) is 4. The number of carbonyl (C=O) groups is 2. The van der Waals surface area contributed by atoms with E-state index in [1.165, 1.54) is 0 Å². The average Bonchev–Trinajstić information content (AvgIpc) is 2.39. The number of nitrogen functional groups attached to an aromatic ring is 1. The van der Waals surface area contributed by atoms with E-state index in [1.807, 2.05) is 0 Å². The van der Waals surface area contributed by atoms with Gasteiger partial charge in [0.2, 0.25) is 0 Å². The number of nitrogens with two attached hydrogens (primary N) is 1. The SMILES string of the molecule is Nc1cc(C(=O)O)c(C(=O)O)nc1-c1ccccc1. The van der Waals surface area contributed by atoms with Crippen LogP contribution in [-0.2, 0) is 0 Å². The summed E-state index contributed by atoms with van der Waals surface area (Å²) in [7, 11) is 0. The summed E-state index contributed by atoms with van der Waals surface area (Å²) in [4.78, 5) is 25.9. The molecule has 0 atom stereocenters. The van der Waals surface area contributed by atoms with E-state index < -0.39 is 23.2 Å². The molecule has 0 fully saturated rings. The predicted molar refractivity (Wildman–Crippen MR) is 68.0 cm³/mol. The van der Waals surface area contributed by atoms with Gasteiger partial charge in [0, 0.05) is 5.56 Å². The van der Waals surface area contributed by atoms with E-state index in [2.05, 4.69) is 4.98 Å². The van der Waals surface area contributed by atoms with Crippen LogP contribution in [0.3, 0.4) is 0 Å². The van der Waals surface area contributed by atoms with Gasteiger partial charge in [0.05, 0.1) is 16.9 Å². The molecule has 6 nitrogen and oxygen atoms in total. The number of benzene rings is 1. The first kappa shape index (κ1) is 12.6. The van der Waals surface area contributed by atoms with Crippen LogP contribution in [0.25, 0.3) is 11.3 Å². The number of carboxylic acid groups (broad SMARTS) is 2.